The molecule has 2 aromatic rings. The second kappa shape index (κ2) is 7.87. The second-order valence-corrected chi connectivity index (χ2v) is 6.62. The van der Waals surface area contributed by atoms with Crippen molar-refractivity contribution in [3.8, 4) is 11.3 Å². The van der Waals surface area contributed by atoms with E-state index in [0.29, 0.717) is 17.3 Å². The van der Waals surface area contributed by atoms with Gasteiger partial charge in [0.2, 0.25) is 5.91 Å². The van der Waals surface area contributed by atoms with E-state index in [0.717, 1.165) is 34.4 Å². The highest BCUT2D eigenvalue weighted by Gasteiger charge is 2.16. The monoisotopic (exact) mass is 362 g/mol. The molecule has 0 unspecified atom stereocenters. The molecule has 1 N–H and O–H groups in total. The molecule has 134 valence electrons. The van der Waals surface area contributed by atoms with Crippen LogP contribution in [0.5, 0.6) is 0 Å². The highest BCUT2D eigenvalue weighted by Crippen LogP contribution is 2.33. The molecule has 1 amide bonds. The number of aromatic nitrogens is 1. The van der Waals surface area contributed by atoms with E-state index < -0.39 is 0 Å². The molecule has 1 heterocycles. The second-order valence-electron chi connectivity index (χ2n) is 6.23. The molecule has 0 aliphatic heterocycles. The highest BCUT2D eigenvalue weighted by atomic mass is 35.5. The molecule has 0 radical (unpaired) electrons. The van der Waals surface area contributed by atoms with Gasteiger partial charge in [0, 0.05) is 30.4 Å². The van der Waals surface area contributed by atoms with Crippen LogP contribution in [0.15, 0.2) is 29.8 Å². The third-order valence-electron chi connectivity index (χ3n) is 4.55. The number of carbonyl (C=O) groups is 1. The first-order valence-corrected chi connectivity index (χ1v) is 8.73. The predicted octanol–water partition coefficient (Wildman–Crippen LogP) is 5.11. The van der Waals surface area contributed by atoms with Gasteiger partial charge in [0.05, 0.1) is 0 Å². The molecule has 0 aliphatic rings. The van der Waals surface area contributed by atoms with Crippen molar-refractivity contribution in [1.82, 2.24) is 9.88 Å². The van der Waals surface area contributed by atoms with Crippen molar-refractivity contribution in [3.05, 3.63) is 51.9 Å². The molecule has 0 spiro atoms. The number of nitrogens with one attached hydrogen (secondary N) is 1. The Hall–Kier alpha value is -2.07. The summed E-state index contributed by atoms with van der Waals surface area (Å²) in [6.45, 7) is 8.18. The SMILES string of the molecule is CCCNC(=O)/C(C)=C(\C)c1cc(F)cc(-c2ccc(Cl)n2C)c1C. The quantitative estimate of drug-likeness (QED) is 0.736. The maximum absolute atomic E-state index is 14.3. The zero-order valence-corrected chi connectivity index (χ0v) is 16.1. The van der Waals surface area contributed by atoms with Crippen LogP contribution in [0.4, 0.5) is 4.39 Å². The van der Waals surface area contributed by atoms with E-state index in [1.807, 2.05) is 38.5 Å². The summed E-state index contributed by atoms with van der Waals surface area (Å²) in [5.41, 5.74) is 4.62. The van der Waals surface area contributed by atoms with E-state index in [9.17, 15) is 9.18 Å². The van der Waals surface area contributed by atoms with Crippen LogP contribution in [-0.4, -0.2) is 17.0 Å². The van der Waals surface area contributed by atoms with Crippen molar-refractivity contribution >= 4 is 23.1 Å². The average molecular weight is 363 g/mol. The maximum atomic E-state index is 14.3. The van der Waals surface area contributed by atoms with Crippen molar-refractivity contribution in [3.63, 3.8) is 0 Å². The van der Waals surface area contributed by atoms with Gasteiger partial charge in [-0.2, -0.15) is 0 Å². The van der Waals surface area contributed by atoms with E-state index in [1.54, 1.807) is 13.0 Å². The molecule has 25 heavy (non-hydrogen) atoms. The first-order chi connectivity index (χ1) is 11.8. The van der Waals surface area contributed by atoms with Gasteiger partial charge in [-0.25, -0.2) is 4.39 Å². The van der Waals surface area contributed by atoms with Crippen molar-refractivity contribution in [2.45, 2.75) is 34.1 Å². The number of amides is 1. The predicted molar refractivity (Wildman–Crippen MR) is 102 cm³/mol. The van der Waals surface area contributed by atoms with E-state index in [1.165, 1.54) is 12.1 Å². The summed E-state index contributed by atoms with van der Waals surface area (Å²) in [6, 6.07) is 6.64. The molecule has 1 aromatic carbocycles. The summed E-state index contributed by atoms with van der Waals surface area (Å²) in [4.78, 5) is 12.2. The molecule has 0 aliphatic carbocycles. The molecule has 3 nitrogen and oxygen atoms in total. The number of hydrogen-bond acceptors (Lipinski definition) is 1. The Labute approximate surface area is 153 Å². The molecule has 0 saturated heterocycles. The smallest absolute Gasteiger partial charge is 0.247 e. The van der Waals surface area contributed by atoms with Crippen LogP contribution in [0.3, 0.4) is 0 Å². The van der Waals surface area contributed by atoms with Gasteiger partial charge in [-0.15, -0.1) is 0 Å². The number of carbonyl (C=O) groups excluding carboxylic acids is 1. The molecule has 0 bridgehead atoms. The lowest BCUT2D eigenvalue weighted by atomic mass is 9.92. The number of nitrogens with zero attached hydrogens (tertiary/aromatic N) is 1. The Morgan fingerprint density at radius 2 is 1.96 bits per heavy atom. The largest absolute Gasteiger partial charge is 0.352 e. The van der Waals surface area contributed by atoms with E-state index in [-0.39, 0.29) is 11.7 Å². The highest BCUT2D eigenvalue weighted by molar-refractivity contribution is 6.29. The Morgan fingerprint density at radius 3 is 2.52 bits per heavy atom. The standard InChI is InChI=1S/C20H24ClFN2O/c1-6-9-23-20(25)13(3)12(2)16-10-15(22)11-17(14(16)4)18-7-8-19(21)24(18)5/h7-8,10-11H,6,9H2,1-5H3,(H,23,25)/b13-12+. The van der Waals surface area contributed by atoms with Crippen molar-refractivity contribution < 1.29 is 9.18 Å². The molecular formula is C20H24ClFN2O. The lowest BCUT2D eigenvalue weighted by Crippen LogP contribution is -2.25. The Kier molecular flexibility index (Phi) is 6.07. The first kappa shape index (κ1) is 19.3. The van der Waals surface area contributed by atoms with Crippen molar-refractivity contribution in [2.24, 2.45) is 7.05 Å². The fraction of sp³-hybridized carbons (Fsp3) is 0.350. The third kappa shape index (κ3) is 3.96. The third-order valence-corrected chi connectivity index (χ3v) is 4.93. The van der Waals surface area contributed by atoms with E-state index >= 15 is 0 Å². The molecule has 0 atom stereocenters. The van der Waals surface area contributed by atoms with Gasteiger partial charge in [0.15, 0.2) is 0 Å². The summed E-state index contributed by atoms with van der Waals surface area (Å²) in [5, 5.41) is 3.45. The zero-order valence-electron chi connectivity index (χ0n) is 15.3. The number of halogens is 2. The van der Waals surface area contributed by atoms with Gasteiger partial charge in [0.1, 0.15) is 11.0 Å². The summed E-state index contributed by atoms with van der Waals surface area (Å²) in [7, 11) is 1.84. The van der Waals surface area contributed by atoms with Gasteiger partial charge in [-0.3, -0.25) is 4.79 Å². The number of allylic oxidation sites excluding steroid dienone is 1. The molecule has 0 saturated carbocycles. The maximum Gasteiger partial charge on any atom is 0.247 e. The van der Waals surface area contributed by atoms with Crippen LogP contribution in [0.2, 0.25) is 5.15 Å². The van der Waals surface area contributed by atoms with Crippen LogP contribution in [0, 0.1) is 12.7 Å². The summed E-state index contributed by atoms with van der Waals surface area (Å²) in [6.07, 6.45) is 0.870. The van der Waals surface area contributed by atoms with Gasteiger partial charge in [-0.1, -0.05) is 18.5 Å². The van der Waals surface area contributed by atoms with Crippen LogP contribution < -0.4 is 5.32 Å². The summed E-state index contributed by atoms with van der Waals surface area (Å²) < 4.78 is 16.1. The van der Waals surface area contributed by atoms with Gasteiger partial charge in [-0.05, 0) is 68.2 Å². The number of hydrogen-bond donors (Lipinski definition) is 1. The Morgan fingerprint density at radius 1 is 1.28 bits per heavy atom. The lowest BCUT2D eigenvalue weighted by Gasteiger charge is -2.16. The van der Waals surface area contributed by atoms with Crippen LogP contribution >= 0.6 is 11.6 Å². The van der Waals surface area contributed by atoms with E-state index in [2.05, 4.69) is 5.32 Å². The van der Waals surface area contributed by atoms with Crippen molar-refractivity contribution in [2.75, 3.05) is 6.54 Å². The molecule has 1 aromatic heterocycles. The minimum absolute atomic E-state index is 0.119. The molecular weight excluding hydrogens is 339 g/mol. The van der Waals surface area contributed by atoms with Crippen LogP contribution in [0.1, 0.15) is 38.3 Å². The van der Waals surface area contributed by atoms with Crippen LogP contribution in [0.25, 0.3) is 16.8 Å². The minimum atomic E-state index is -0.339. The Bertz CT molecular complexity index is 836. The van der Waals surface area contributed by atoms with Gasteiger partial charge in [0.25, 0.3) is 0 Å². The number of benzene rings is 1. The normalized spacial score (nSPS) is 12.1. The first-order valence-electron chi connectivity index (χ1n) is 8.35. The molecule has 2 rings (SSSR count). The minimum Gasteiger partial charge on any atom is -0.352 e. The summed E-state index contributed by atoms with van der Waals surface area (Å²) in [5.74, 6) is -0.458. The van der Waals surface area contributed by atoms with Gasteiger partial charge >= 0.3 is 0 Å². The number of rotatable bonds is 5. The molecule has 5 heteroatoms. The van der Waals surface area contributed by atoms with E-state index in [4.69, 9.17) is 11.6 Å². The molecule has 0 fully saturated rings. The fourth-order valence-electron chi connectivity index (χ4n) is 2.83. The topological polar surface area (TPSA) is 34.0 Å². The lowest BCUT2D eigenvalue weighted by molar-refractivity contribution is -0.117. The fourth-order valence-corrected chi connectivity index (χ4v) is 2.99. The zero-order chi connectivity index (χ0) is 18.7. The van der Waals surface area contributed by atoms with Crippen molar-refractivity contribution in [1.29, 1.82) is 0 Å². The van der Waals surface area contributed by atoms with Gasteiger partial charge < -0.3 is 9.88 Å². The average Bonchev–Trinajstić information content (AvgIpc) is 2.92. The van der Waals surface area contributed by atoms with Crippen LogP contribution in [-0.2, 0) is 11.8 Å². The summed E-state index contributed by atoms with van der Waals surface area (Å²) >= 11 is 6.12. The Balaban J connectivity index is 2.56.